The van der Waals surface area contributed by atoms with Crippen molar-refractivity contribution in [1.29, 1.82) is 0 Å². The van der Waals surface area contributed by atoms with Gasteiger partial charge < -0.3 is 10.1 Å². The summed E-state index contributed by atoms with van der Waals surface area (Å²) >= 11 is 1.79. The summed E-state index contributed by atoms with van der Waals surface area (Å²) in [5.74, 6) is 0.891. The minimum Gasteiger partial charge on any atom is -0.497 e. The van der Waals surface area contributed by atoms with E-state index in [1.54, 1.807) is 18.9 Å². The van der Waals surface area contributed by atoms with Gasteiger partial charge in [-0.2, -0.15) is 0 Å². The van der Waals surface area contributed by atoms with Gasteiger partial charge in [-0.05, 0) is 42.1 Å². The molecule has 0 aliphatic carbocycles. The van der Waals surface area contributed by atoms with Crippen LogP contribution in [0.4, 0.5) is 0 Å². The molecule has 0 amide bonds. The van der Waals surface area contributed by atoms with Crippen molar-refractivity contribution in [3.05, 3.63) is 59.7 Å². The number of thioether (sulfide) groups is 1. The molecule has 0 saturated carbocycles. The number of nitrogens with one attached hydrogen (secondary N) is 1. The van der Waals surface area contributed by atoms with Crippen molar-refractivity contribution in [1.82, 2.24) is 5.32 Å². The third-order valence-corrected chi connectivity index (χ3v) is 4.12. The fourth-order valence-corrected chi connectivity index (χ4v) is 2.95. The van der Waals surface area contributed by atoms with Gasteiger partial charge in [0, 0.05) is 4.90 Å². The van der Waals surface area contributed by atoms with Crippen molar-refractivity contribution in [3.8, 4) is 5.75 Å². The summed E-state index contributed by atoms with van der Waals surface area (Å²) in [5.41, 5.74) is 2.58. The molecule has 106 valence electrons. The summed E-state index contributed by atoms with van der Waals surface area (Å²) in [5, 5.41) is 3.57. The predicted octanol–water partition coefficient (Wildman–Crippen LogP) is 4.12. The molecule has 3 heteroatoms. The number of benzene rings is 2. The van der Waals surface area contributed by atoms with E-state index in [4.69, 9.17) is 4.74 Å². The van der Waals surface area contributed by atoms with E-state index in [0.717, 1.165) is 12.3 Å². The third-order valence-electron chi connectivity index (χ3n) is 3.31. The summed E-state index contributed by atoms with van der Waals surface area (Å²) < 4.78 is 5.23. The lowest BCUT2D eigenvalue weighted by atomic mass is 9.98. The molecular weight excluding hydrogens is 266 g/mol. The topological polar surface area (TPSA) is 21.3 Å². The molecular formula is C17H21NOS. The first-order chi connectivity index (χ1) is 9.80. The van der Waals surface area contributed by atoms with Gasteiger partial charge >= 0.3 is 0 Å². The molecule has 20 heavy (non-hydrogen) atoms. The Hall–Kier alpha value is -1.45. The van der Waals surface area contributed by atoms with E-state index in [1.807, 2.05) is 12.1 Å². The van der Waals surface area contributed by atoms with Crippen LogP contribution < -0.4 is 10.1 Å². The smallest absolute Gasteiger partial charge is 0.118 e. The van der Waals surface area contributed by atoms with Crippen LogP contribution in [-0.2, 0) is 0 Å². The van der Waals surface area contributed by atoms with Crippen LogP contribution in [-0.4, -0.2) is 19.9 Å². The van der Waals surface area contributed by atoms with Gasteiger partial charge in [-0.3, -0.25) is 0 Å². The van der Waals surface area contributed by atoms with E-state index in [1.165, 1.54) is 16.0 Å². The molecule has 0 fully saturated rings. The van der Waals surface area contributed by atoms with Gasteiger partial charge in [0.15, 0.2) is 0 Å². The SMILES string of the molecule is CCNC(c1ccc(OC)cc1)c1ccccc1SC. The van der Waals surface area contributed by atoms with Crippen LogP contribution in [0.1, 0.15) is 24.1 Å². The van der Waals surface area contributed by atoms with Crippen LogP contribution in [0.3, 0.4) is 0 Å². The van der Waals surface area contributed by atoms with Gasteiger partial charge in [0.2, 0.25) is 0 Å². The molecule has 1 N–H and O–H groups in total. The van der Waals surface area contributed by atoms with Gasteiger partial charge in [0.1, 0.15) is 5.75 Å². The quantitative estimate of drug-likeness (QED) is 0.808. The second kappa shape index (κ2) is 7.36. The Labute approximate surface area is 125 Å². The van der Waals surface area contributed by atoms with E-state index in [0.29, 0.717) is 0 Å². The highest BCUT2D eigenvalue weighted by Crippen LogP contribution is 2.30. The van der Waals surface area contributed by atoms with Crippen molar-refractivity contribution >= 4 is 11.8 Å². The first-order valence-electron chi connectivity index (χ1n) is 6.80. The summed E-state index contributed by atoms with van der Waals surface area (Å²) in [6, 6.07) is 17.1. The van der Waals surface area contributed by atoms with Crippen molar-refractivity contribution < 1.29 is 4.74 Å². The van der Waals surface area contributed by atoms with Crippen LogP contribution in [0.2, 0.25) is 0 Å². The Balaban J connectivity index is 2.39. The van der Waals surface area contributed by atoms with Crippen LogP contribution in [0.25, 0.3) is 0 Å². The monoisotopic (exact) mass is 287 g/mol. The molecule has 0 aromatic heterocycles. The Morgan fingerprint density at radius 1 is 1.10 bits per heavy atom. The lowest BCUT2D eigenvalue weighted by Crippen LogP contribution is -2.22. The molecule has 0 radical (unpaired) electrons. The fourth-order valence-electron chi connectivity index (χ4n) is 2.31. The van der Waals surface area contributed by atoms with Crippen LogP contribution in [0.5, 0.6) is 5.75 Å². The molecule has 2 aromatic rings. The molecule has 0 spiro atoms. The highest BCUT2D eigenvalue weighted by molar-refractivity contribution is 7.98. The second-order valence-corrected chi connectivity index (χ2v) is 5.35. The summed E-state index contributed by atoms with van der Waals surface area (Å²) in [6.45, 7) is 3.07. The number of hydrogen-bond acceptors (Lipinski definition) is 3. The maximum Gasteiger partial charge on any atom is 0.118 e. The number of methoxy groups -OCH3 is 1. The zero-order valence-electron chi connectivity index (χ0n) is 12.2. The molecule has 0 bridgehead atoms. The standard InChI is InChI=1S/C17H21NOS/c1-4-18-17(13-9-11-14(19-2)12-10-13)15-7-5-6-8-16(15)20-3/h5-12,17-18H,4H2,1-3H3. The van der Waals surface area contributed by atoms with Gasteiger partial charge in [0.25, 0.3) is 0 Å². The average Bonchev–Trinajstić information content (AvgIpc) is 2.53. The molecule has 0 heterocycles. The fraction of sp³-hybridized carbons (Fsp3) is 0.294. The van der Waals surface area contributed by atoms with Gasteiger partial charge in [-0.25, -0.2) is 0 Å². The number of rotatable bonds is 6. The Morgan fingerprint density at radius 3 is 2.40 bits per heavy atom. The highest BCUT2D eigenvalue weighted by atomic mass is 32.2. The van der Waals surface area contributed by atoms with E-state index in [2.05, 4.69) is 54.9 Å². The van der Waals surface area contributed by atoms with Crippen molar-refractivity contribution in [2.75, 3.05) is 19.9 Å². The van der Waals surface area contributed by atoms with Crippen molar-refractivity contribution in [2.45, 2.75) is 17.9 Å². The lowest BCUT2D eigenvalue weighted by Gasteiger charge is -2.21. The molecule has 2 aromatic carbocycles. The Bertz CT molecular complexity index is 539. The molecule has 2 rings (SSSR count). The van der Waals surface area contributed by atoms with Gasteiger partial charge in [-0.1, -0.05) is 37.3 Å². The third kappa shape index (κ3) is 3.35. The maximum absolute atomic E-state index is 5.23. The summed E-state index contributed by atoms with van der Waals surface area (Å²) in [7, 11) is 1.69. The minimum absolute atomic E-state index is 0.217. The van der Waals surface area contributed by atoms with Gasteiger partial charge in [-0.15, -0.1) is 11.8 Å². The second-order valence-electron chi connectivity index (χ2n) is 4.51. The van der Waals surface area contributed by atoms with E-state index < -0.39 is 0 Å². The van der Waals surface area contributed by atoms with Crippen LogP contribution >= 0.6 is 11.8 Å². The Kier molecular flexibility index (Phi) is 5.50. The summed E-state index contributed by atoms with van der Waals surface area (Å²) in [6.07, 6.45) is 2.12. The molecule has 0 aliphatic rings. The minimum atomic E-state index is 0.217. The van der Waals surface area contributed by atoms with E-state index in [-0.39, 0.29) is 6.04 Å². The van der Waals surface area contributed by atoms with Gasteiger partial charge in [0.05, 0.1) is 13.2 Å². The van der Waals surface area contributed by atoms with Crippen molar-refractivity contribution in [3.63, 3.8) is 0 Å². The van der Waals surface area contributed by atoms with E-state index in [9.17, 15) is 0 Å². The van der Waals surface area contributed by atoms with Crippen LogP contribution in [0, 0.1) is 0 Å². The van der Waals surface area contributed by atoms with E-state index >= 15 is 0 Å². The Morgan fingerprint density at radius 2 is 1.80 bits per heavy atom. The normalized spacial score (nSPS) is 12.2. The summed E-state index contributed by atoms with van der Waals surface area (Å²) in [4.78, 5) is 1.31. The zero-order valence-corrected chi connectivity index (χ0v) is 13.0. The first kappa shape index (κ1) is 14.9. The molecule has 0 saturated heterocycles. The van der Waals surface area contributed by atoms with Crippen LogP contribution in [0.15, 0.2) is 53.4 Å². The number of ether oxygens (including phenoxy) is 1. The average molecular weight is 287 g/mol. The predicted molar refractivity (Wildman–Crippen MR) is 86.7 cm³/mol. The zero-order chi connectivity index (χ0) is 14.4. The maximum atomic E-state index is 5.23. The largest absolute Gasteiger partial charge is 0.497 e. The number of hydrogen-bond donors (Lipinski definition) is 1. The first-order valence-corrected chi connectivity index (χ1v) is 8.02. The molecule has 2 nitrogen and oxygen atoms in total. The lowest BCUT2D eigenvalue weighted by molar-refractivity contribution is 0.414. The molecule has 0 aliphatic heterocycles. The van der Waals surface area contributed by atoms with Crippen molar-refractivity contribution in [2.24, 2.45) is 0 Å². The molecule has 1 atom stereocenters. The highest BCUT2D eigenvalue weighted by Gasteiger charge is 2.15. The molecule has 1 unspecified atom stereocenters.